The molecule has 94 valence electrons. The second-order valence-electron chi connectivity index (χ2n) is 4.57. The lowest BCUT2D eigenvalue weighted by molar-refractivity contribution is 0.298. The first kappa shape index (κ1) is 12.0. The van der Waals surface area contributed by atoms with Crippen molar-refractivity contribution in [3.05, 3.63) is 17.7 Å². The average Bonchev–Trinajstić information content (AvgIpc) is 2.36. The van der Waals surface area contributed by atoms with Crippen molar-refractivity contribution >= 4 is 5.69 Å². The molecule has 0 unspecified atom stereocenters. The number of rotatable bonds is 3. The van der Waals surface area contributed by atoms with Crippen LogP contribution in [0.4, 0.5) is 5.69 Å². The summed E-state index contributed by atoms with van der Waals surface area (Å²) in [5.41, 5.74) is 2.44. The minimum atomic E-state index is 0.528. The van der Waals surface area contributed by atoms with Gasteiger partial charge in [0.25, 0.3) is 0 Å². The molecule has 17 heavy (non-hydrogen) atoms. The molecule has 0 aliphatic carbocycles. The van der Waals surface area contributed by atoms with Gasteiger partial charge in [-0.2, -0.15) is 0 Å². The minimum Gasteiger partial charge on any atom is -0.493 e. The largest absolute Gasteiger partial charge is 0.493 e. The molecular weight excluding hydrogens is 216 g/mol. The summed E-state index contributed by atoms with van der Waals surface area (Å²) in [6.07, 6.45) is 1.04. The van der Waals surface area contributed by atoms with E-state index < -0.39 is 0 Å². The number of benzene rings is 1. The zero-order valence-electron chi connectivity index (χ0n) is 10.9. The Labute approximate surface area is 103 Å². The highest BCUT2D eigenvalue weighted by Crippen LogP contribution is 2.35. The first-order valence-electron chi connectivity index (χ1n) is 5.81. The Bertz CT molecular complexity index is 405. The highest BCUT2D eigenvalue weighted by Gasteiger charge is 2.21. The monoisotopic (exact) mass is 236 g/mol. The summed E-state index contributed by atoms with van der Waals surface area (Å²) in [7, 11) is 7.55. The fourth-order valence-electron chi connectivity index (χ4n) is 2.17. The third-order valence-corrected chi connectivity index (χ3v) is 3.32. The van der Waals surface area contributed by atoms with Gasteiger partial charge in [-0.15, -0.1) is 0 Å². The van der Waals surface area contributed by atoms with Crippen molar-refractivity contribution in [2.45, 2.75) is 12.5 Å². The molecule has 0 fully saturated rings. The molecule has 2 rings (SSSR count). The smallest absolute Gasteiger partial charge is 0.162 e. The molecule has 4 heteroatoms. The summed E-state index contributed by atoms with van der Waals surface area (Å²) in [5, 5.41) is 3.44. The Kier molecular flexibility index (Phi) is 3.43. The second kappa shape index (κ2) is 4.84. The molecule has 0 radical (unpaired) electrons. The Morgan fingerprint density at radius 3 is 2.41 bits per heavy atom. The van der Waals surface area contributed by atoms with Crippen LogP contribution in [0, 0.1) is 0 Å². The molecule has 4 nitrogen and oxygen atoms in total. The maximum Gasteiger partial charge on any atom is 0.162 e. The zero-order chi connectivity index (χ0) is 12.4. The van der Waals surface area contributed by atoms with Crippen molar-refractivity contribution in [2.75, 3.05) is 40.2 Å². The van der Waals surface area contributed by atoms with Gasteiger partial charge < -0.3 is 19.7 Å². The van der Waals surface area contributed by atoms with Crippen LogP contribution in [0.3, 0.4) is 0 Å². The Morgan fingerprint density at radius 2 is 1.82 bits per heavy atom. The molecular formula is C13H20N2O2. The quantitative estimate of drug-likeness (QED) is 0.864. The first-order chi connectivity index (χ1) is 8.15. The number of likely N-dealkylation sites (N-methyl/N-ethyl adjacent to an activating group) is 1. The van der Waals surface area contributed by atoms with E-state index in [2.05, 4.69) is 30.4 Å². The number of nitrogens with zero attached hydrogens (tertiary/aromatic N) is 1. The van der Waals surface area contributed by atoms with Gasteiger partial charge in [-0.05, 0) is 32.1 Å². The highest BCUT2D eigenvalue weighted by atomic mass is 16.5. The van der Waals surface area contributed by atoms with E-state index in [0.29, 0.717) is 6.04 Å². The summed E-state index contributed by atoms with van der Waals surface area (Å²) in [6.45, 7) is 0.968. The molecule has 1 aliphatic rings. The minimum absolute atomic E-state index is 0.528. The Hall–Kier alpha value is -1.42. The van der Waals surface area contributed by atoms with Crippen LogP contribution in [0.2, 0.25) is 0 Å². The predicted octanol–water partition coefficient (Wildman–Crippen LogP) is 1.60. The maximum atomic E-state index is 5.33. The molecule has 0 spiro atoms. The summed E-state index contributed by atoms with van der Waals surface area (Å²) in [4.78, 5) is 2.24. The number of hydrogen-bond donors (Lipinski definition) is 1. The fraction of sp³-hybridized carbons (Fsp3) is 0.538. The topological polar surface area (TPSA) is 33.7 Å². The van der Waals surface area contributed by atoms with Crippen LogP contribution in [0.25, 0.3) is 0 Å². The average molecular weight is 236 g/mol. The van der Waals surface area contributed by atoms with E-state index in [4.69, 9.17) is 9.47 Å². The molecule has 1 N–H and O–H groups in total. The molecule has 0 amide bonds. The van der Waals surface area contributed by atoms with Gasteiger partial charge >= 0.3 is 0 Å². The van der Waals surface area contributed by atoms with Crippen LogP contribution in [0.1, 0.15) is 5.56 Å². The van der Waals surface area contributed by atoms with Crippen LogP contribution in [0.5, 0.6) is 11.5 Å². The number of methoxy groups -OCH3 is 2. The molecule has 0 aromatic heterocycles. The zero-order valence-corrected chi connectivity index (χ0v) is 10.9. The maximum absolute atomic E-state index is 5.33. The van der Waals surface area contributed by atoms with Crippen molar-refractivity contribution in [1.29, 1.82) is 0 Å². The molecule has 1 atom stereocenters. The van der Waals surface area contributed by atoms with E-state index in [9.17, 15) is 0 Å². The SMILES string of the molecule is COc1cc2c(cc1OC)NC[C@@H](N(C)C)C2. The third-order valence-electron chi connectivity index (χ3n) is 3.32. The molecule has 1 aliphatic heterocycles. The summed E-state index contributed by atoms with van der Waals surface area (Å²) >= 11 is 0. The summed E-state index contributed by atoms with van der Waals surface area (Å²) < 4.78 is 10.6. The van der Waals surface area contributed by atoms with Crippen LogP contribution in [0.15, 0.2) is 12.1 Å². The van der Waals surface area contributed by atoms with Gasteiger partial charge in [0.05, 0.1) is 14.2 Å². The van der Waals surface area contributed by atoms with Gasteiger partial charge in [0.1, 0.15) is 0 Å². The third kappa shape index (κ3) is 2.31. The van der Waals surface area contributed by atoms with Gasteiger partial charge in [-0.25, -0.2) is 0 Å². The van der Waals surface area contributed by atoms with Crippen molar-refractivity contribution in [3.8, 4) is 11.5 Å². The highest BCUT2D eigenvalue weighted by molar-refractivity contribution is 5.62. The molecule has 0 saturated carbocycles. The number of hydrogen-bond acceptors (Lipinski definition) is 4. The van der Waals surface area contributed by atoms with E-state index >= 15 is 0 Å². The molecule has 0 bridgehead atoms. The molecule has 1 heterocycles. The lowest BCUT2D eigenvalue weighted by Crippen LogP contribution is -2.39. The standard InChI is InChI=1S/C13H20N2O2/c1-15(2)10-5-9-6-12(16-3)13(17-4)7-11(9)14-8-10/h6-7,10,14H,5,8H2,1-4H3/t10-/m0/s1. The fourth-order valence-corrected chi connectivity index (χ4v) is 2.17. The van der Waals surface area contributed by atoms with Gasteiger partial charge in [0.2, 0.25) is 0 Å². The number of anilines is 1. The number of fused-ring (bicyclic) bond motifs is 1. The second-order valence-corrected chi connectivity index (χ2v) is 4.57. The Balaban J connectivity index is 2.32. The van der Waals surface area contributed by atoms with Crippen LogP contribution in [-0.4, -0.2) is 45.8 Å². The Morgan fingerprint density at radius 1 is 1.18 bits per heavy atom. The van der Waals surface area contributed by atoms with Crippen molar-refractivity contribution in [1.82, 2.24) is 4.90 Å². The van der Waals surface area contributed by atoms with Gasteiger partial charge in [-0.3, -0.25) is 0 Å². The molecule has 1 aromatic rings. The number of nitrogens with one attached hydrogen (secondary N) is 1. The normalized spacial score (nSPS) is 18.5. The summed E-state index contributed by atoms with van der Waals surface area (Å²) in [6, 6.07) is 4.61. The van der Waals surface area contributed by atoms with Crippen molar-refractivity contribution in [3.63, 3.8) is 0 Å². The van der Waals surface area contributed by atoms with Crippen LogP contribution < -0.4 is 14.8 Å². The van der Waals surface area contributed by atoms with Crippen molar-refractivity contribution in [2.24, 2.45) is 0 Å². The molecule has 1 aromatic carbocycles. The van der Waals surface area contributed by atoms with Gasteiger partial charge in [0, 0.05) is 24.3 Å². The lowest BCUT2D eigenvalue weighted by Gasteiger charge is -2.31. The van der Waals surface area contributed by atoms with Crippen LogP contribution >= 0.6 is 0 Å². The van der Waals surface area contributed by atoms with E-state index in [1.807, 2.05) is 6.07 Å². The summed E-state index contributed by atoms with van der Waals surface area (Å²) in [5.74, 6) is 1.58. The van der Waals surface area contributed by atoms with Crippen LogP contribution in [-0.2, 0) is 6.42 Å². The van der Waals surface area contributed by atoms with Gasteiger partial charge in [0.15, 0.2) is 11.5 Å². The van der Waals surface area contributed by atoms with E-state index in [-0.39, 0.29) is 0 Å². The molecule has 0 saturated heterocycles. The lowest BCUT2D eigenvalue weighted by atomic mass is 9.98. The van der Waals surface area contributed by atoms with E-state index in [0.717, 1.165) is 30.2 Å². The van der Waals surface area contributed by atoms with E-state index in [1.165, 1.54) is 5.56 Å². The first-order valence-corrected chi connectivity index (χ1v) is 5.81. The van der Waals surface area contributed by atoms with Crippen molar-refractivity contribution < 1.29 is 9.47 Å². The number of ether oxygens (including phenoxy) is 2. The predicted molar refractivity (Wildman–Crippen MR) is 69.2 cm³/mol. The van der Waals surface area contributed by atoms with Gasteiger partial charge in [-0.1, -0.05) is 0 Å². The van der Waals surface area contributed by atoms with E-state index in [1.54, 1.807) is 14.2 Å².